The lowest BCUT2D eigenvalue weighted by molar-refractivity contribution is -0.148. The summed E-state index contributed by atoms with van der Waals surface area (Å²) >= 11 is 0. The van der Waals surface area contributed by atoms with Gasteiger partial charge in [0.1, 0.15) is 0 Å². The number of carbonyl (C=O) groups excluding carboxylic acids is 1. The number of carboxylic acids is 1. The van der Waals surface area contributed by atoms with E-state index in [0.29, 0.717) is 13.0 Å². The van der Waals surface area contributed by atoms with E-state index in [2.05, 4.69) is 15.4 Å². The molecule has 1 fully saturated rings. The summed E-state index contributed by atoms with van der Waals surface area (Å²) in [5, 5.41) is 23.1. The maximum absolute atomic E-state index is 11.5. The van der Waals surface area contributed by atoms with Gasteiger partial charge in [-0.25, -0.2) is 4.79 Å². The fraction of sp³-hybridized carbons (Fsp3) is 0.778. The lowest BCUT2D eigenvalue weighted by Gasteiger charge is -2.14. The summed E-state index contributed by atoms with van der Waals surface area (Å²) in [6.07, 6.45) is -1.22. The molecule has 92 valence electrons. The molecule has 0 bridgehead atoms. The molecular weight excluding hydrogens is 216 g/mol. The molecule has 4 N–H and O–H groups in total. The summed E-state index contributed by atoms with van der Waals surface area (Å²) in [5.74, 6) is -1.44. The van der Waals surface area contributed by atoms with Crippen LogP contribution in [0.4, 0.5) is 0 Å². The number of nitrogens with one attached hydrogen (secondary N) is 2. The van der Waals surface area contributed by atoms with Crippen molar-refractivity contribution < 1.29 is 24.5 Å². The van der Waals surface area contributed by atoms with Crippen LogP contribution in [0.25, 0.3) is 0 Å². The van der Waals surface area contributed by atoms with Gasteiger partial charge in [0.2, 0.25) is 5.91 Å². The molecule has 0 saturated carbocycles. The average molecular weight is 232 g/mol. The molecular formula is C9H16N2O5. The fourth-order valence-electron chi connectivity index (χ4n) is 1.50. The first-order chi connectivity index (χ1) is 7.54. The van der Waals surface area contributed by atoms with Crippen LogP contribution >= 0.6 is 0 Å². The third-order valence-electron chi connectivity index (χ3n) is 2.45. The van der Waals surface area contributed by atoms with Crippen molar-refractivity contribution in [3.05, 3.63) is 0 Å². The van der Waals surface area contributed by atoms with Crippen LogP contribution in [0.15, 0.2) is 0 Å². The van der Waals surface area contributed by atoms with Gasteiger partial charge in [0.05, 0.1) is 18.7 Å². The zero-order chi connectivity index (χ0) is 12.1. The molecule has 3 atom stereocenters. The highest BCUT2D eigenvalue weighted by atomic mass is 16.5. The number of carbonyl (C=O) groups is 2. The van der Waals surface area contributed by atoms with Crippen LogP contribution in [0.1, 0.15) is 6.42 Å². The van der Waals surface area contributed by atoms with Gasteiger partial charge < -0.3 is 25.6 Å². The predicted molar refractivity (Wildman–Crippen MR) is 53.9 cm³/mol. The standard InChI is InChI=1S/C9H16N2O5/c1-16-7(9(14)15)4-11-8(13)6-2-5(12)3-10-6/h5-7,10,12H,2-4H2,1H3,(H,11,13)(H,14,15). The summed E-state index contributed by atoms with van der Waals surface area (Å²) in [4.78, 5) is 22.1. The van der Waals surface area contributed by atoms with Gasteiger partial charge in [-0.3, -0.25) is 4.79 Å². The highest BCUT2D eigenvalue weighted by molar-refractivity contribution is 5.83. The van der Waals surface area contributed by atoms with Gasteiger partial charge in [0, 0.05) is 13.7 Å². The number of aliphatic hydroxyl groups is 1. The number of rotatable bonds is 5. The van der Waals surface area contributed by atoms with Gasteiger partial charge in [-0.2, -0.15) is 0 Å². The maximum atomic E-state index is 11.5. The number of hydrogen-bond acceptors (Lipinski definition) is 5. The molecule has 0 radical (unpaired) electrons. The number of aliphatic carboxylic acids is 1. The van der Waals surface area contributed by atoms with Crippen LogP contribution in [0, 0.1) is 0 Å². The highest BCUT2D eigenvalue weighted by Gasteiger charge is 2.28. The molecule has 0 aromatic rings. The van der Waals surface area contributed by atoms with Crippen molar-refractivity contribution in [3.63, 3.8) is 0 Å². The molecule has 7 heteroatoms. The van der Waals surface area contributed by atoms with Crippen molar-refractivity contribution in [2.45, 2.75) is 24.7 Å². The minimum atomic E-state index is -1.12. The number of ether oxygens (including phenoxy) is 1. The van der Waals surface area contributed by atoms with Crippen molar-refractivity contribution in [3.8, 4) is 0 Å². The van der Waals surface area contributed by atoms with Gasteiger partial charge in [0.25, 0.3) is 0 Å². The number of hydrogen-bond donors (Lipinski definition) is 4. The van der Waals surface area contributed by atoms with Gasteiger partial charge in [-0.1, -0.05) is 0 Å². The Hall–Kier alpha value is -1.18. The summed E-state index contributed by atoms with van der Waals surface area (Å²) < 4.78 is 4.66. The minimum Gasteiger partial charge on any atom is -0.479 e. The number of amides is 1. The topological polar surface area (TPSA) is 108 Å². The minimum absolute atomic E-state index is 0.0844. The second-order valence-corrected chi connectivity index (χ2v) is 3.66. The Balaban J connectivity index is 2.32. The zero-order valence-corrected chi connectivity index (χ0v) is 8.97. The fourth-order valence-corrected chi connectivity index (χ4v) is 1.50. The van der Waals surface area contributed by atoms with Crippen LogP contribution in [-0.2, 0) is 14.3 Å². The quantitative estimate of drug-likeness (QED) is 0.433. The first-order valence-electron chi connectivity index (χ1n) is 4.99. The van der Waals surface area contributed by atoms with E-state index in [1.54, 1.807) is 0 Å². The lowest BCUT2D eigenvalue weighted by Crippen LogP contribution is -2.45. The van der Waals surface area contributed by atoms with Crippen molar-refractivity contribution in [2.24, 2.45) is 0 Å². The molecule has 0 aliphatic carbocycles. The molecule has 0 aromatic heterocycles. The van der Waals surface area contributed by atoms with Gasteiger partial charge in [-0.05, 0) is 6.42 Å². The van der Waals surface area contributed by atoms with Crippen LogP contribution < -0.4 is 10.6 Å². The van der Waals surface area contributed by atoms with Crippen LogP contribution in [0.2, 0.25) is 0 Å². The van der Waals surface area contributed by atoms with E-state index in [1.165, 1.54) is 7.11 Å². The number of carboxylic acid groups (broad SMARTS) is 1. The van der Waals surface area contributed by atoms with Crippen molar-refractivity contribution >= 4 is 11.9 Å². The van der Waals surface area contributed by atoms with Crippen molar-refractivity contribution in [2.75, 3.05) is 20.2 Å². The van der Waals surface area contributed by atoms with Gasteiger partial charge in [-0.15, -0.1) is 0 Å². The largest absolute Gasteiger partial charge is 0.479 e. The molecule has 1 amide bonds. The zero-order valence-electron chi connectivity index (χ0n) is 8.97. The summed E-state index contributed by atoms with van der Waals surface area (Å²) in [6, 6.07) is -0.457. The maximum Gasteiger partial charge on any atom is 0.334 e. The molecule has 1 heterocycles. The van der Waals surface area contributed by atoms with Crippen LogP contribution in [0.3, 0.4) is 0 Å². The Bertz CT molecular complexity index is 271. The second-order valence-electron chi connectivity index (χ2n) is 3.66. The summed E-state index contributed by atoms with van der Waals surface area (Å²) in [7, 11) is 1.27. The van der Waals surface area contributed by atoms with Crippen molar-refractivity contribution in [1.82, 2.24) is 10.6 Å². The smallest absolute Gasteiger partial charge is 0.334 e. The first kappa shape index (κ1) is 12.9. The summed E-state index contributed by atoms with van der Waals surface area (Å²) in [6.45, 7) is 0.295. The molecule has 1 saturated heterocycles. The molecule has 16 heavy (non-hydrogen) atoms. The lowest BCUT2D eigenvalue weighted by atomic mass is 10.2. The summed E-state index contributed by atoms with van der Waals surface area (Å²) in [5.41, 5.74) is 0. The first-order valence-corrected chi connectivity index (χ1v) is 4.99. The van der Waals surface area contributed by atoms with E-state index < -0.39 is 24.2 Å². The van der Waals surface area contributed by atoms with E-state index >= 15 is 0 Å². The molecule has 3 unspecified atom stereocenters. The number of aliphatic hydroxyl groups excluding tert-OH is 1. The Kier molecular flexibility index (Phi) is 4.66. The molecule has 0 aromatic carbocycles. The second kappa shape index (κ2) is 5.78. The Morgan fingerprint density at radius 3 is 2.75 bits per heavy atom. The monoisotopic (exact) mass is 232 g/mol. The third kappa shape index (κ3) is 3.44. The number of β-amino-alcohol motifs (C(OH)–C–C–N with tert-alkyl or cyclic N) is 1. The van der Waals surface area contributed by atoms with Gasteiger partial charge >= 0.3 is 5.97 Å². The SMILES string of the molecule is COC(CNC(=O)C1CC(O)CN1)C(=O)O. The molecule has 1 aliphatic heterocycles. The Morgan fingerprint density at radius 1 is 1.62 bits per heavy atom. The van der Waals surface area contributed by atoms with Crippen LogP contribution in [-0.4, -0.2) is 60.5 Å². The predicted octanol–water partition coefficient (Wildman–Crippen LogP) is -2.07. The van der Waals surface area contributed by atoms with Gasteiger partial charge in [0.15, 0.2) is 6.10 Å². The van der Waals surface area contributed by atoms with Crippen LogP contribution in [0.5, 0.6) is 0 Å². The van der Waals surface area contributed by atoms with Crippen molar-refractivity contribution in [1.29, 1.82) is 0 Å². The Morgan fingerprint density at radius 2 is 2.31 bits per heavy atom. The van der Waals surface area contributed by atoms with E-state index in [4.69, 9.17) is 5.11 Å². The molecule has 7 nitrogen and oxygen atoms in total. The van der Waals surface area contributed by atoms with E-state index in [1.807, 2.05) is 0 Å². The average Bonchev–Trinajstić information content (AvgIpc) is 2.65. The van der Waals surface area contributed by atoms with E-state index in [0.717, 1.165) is 0 Å². The molecule has 0 spiro atoms. The highest BCUT2D eigenvalue weighted by Crippen LogP contribution is 2.05. The normalized spacial score (nSPS) is 26.4. The molecule has 1 rings (SSSR count). The third-order valence-corrected chi connectivity index (χ3v) is 2.45. The number of methoxy groups -OCH3 is 1. The Labute approximate surface area is 92.8 Å². The van der Waals surface area contributed by atoms with E-state index in [-0.39, 0.29) is 12.5 Å². The van der Waals surface area contributed by atoms with E-state index in [9.17, 15) is 14.7 Å². The molecule has 1 aliphatic rings.